The van der Waals surface area contributed by atoms with Crippen molar-refractivity contribution in [1.29, 1.82) is 5.26 Å². The van der Waals surface area contributed by atoms with Crippen LogP contribution in [0.15, 0.2) is 42.5 Å². The molecule has 0 unspecified atom stereocenters. The number of piperazine rings is 1. The summed E-state index contributed by atoms with van der Waals surface area (Å²) in [4.78, 5) is 15.9. The maximum absolute atomic E-state index is 14.2. The van der Waals surface area contributed by atoms with E-state index in [0.717, 1.165) is 18.7 Å². The minimum atomic E-state index is -0.353. The van der Waals surface area contributed by atoms with Gasteiger partial charge in [0.15, 0.2) is 0 Å². The largest absolute Gasteiger partial charge is 0.465 e. The zero-order valence-corrected chi connectivity index (χ0v) is 15.5. The summed E-state index contributed by atoms with van der Waals surface area (Å²) in [5.74, 6) is -0.693. The Hall–Kier alpha value is -2.91. The lowest BCUT2D eigenvalue weighted by Gasteiger charge is -2.39. The Morgan fingerprint density at radius 1 is 1.15 bits per heavy atom. The fourth-order valence-corrected chi connectivity index (χ4v) is 3.41. The number of carbonyl (C=O) groups is 1. The van der Waals surface area contributed by atoms with Gasteiger partial charge in [-0.3, -0.25) is 4.90 Å². The van der Waals surface area contributed by atoms with Crippen molar-refractivity contribution in [3.63, 3.8) is 0 Å². The lowest BCUT2D eigenvalue weighted by molar-refractivity contribution is 0.0600. The normalized spacial score (nSPS) is 15.9. The third-order valence-electron chi connectivity index (χ3n) is 5.09. The molecule has 0 radical (unpaired) electrons. The van der Waals surface area contributed by atoms with Crippen LogP contribution in [-0.4, -0.2) is 44.2 Å². The first kappa shape index (κ1) is 18.9. The topological polar surface area (TPSA) is 56.6 Å². The third-order valence-corrected chi connectivity index (χ3v) is 5.09. The zero-order valence-electron chi connectivity index (χ0n) is 15.5. The van der Waals surface area contributed by atoms with Crippen LogP contribution >= 0.6 is 0 Å². The molecule has 2 aromatic carbocycles. The van der Waals surface area contributed by atoms with E-state index in [0.29, 0.717) is 29.9 Å². The Bertz CT molecular complexity index is 853. The summed E-state index contributed by atoms with van der Waals surface area (Å²) < 4.78 is 19.0. The van der Waals surface area contributed by atoms with Gasteiger partial charge in [0.1, 0.15) is 5.82 Å². The number of carbonyl (C=O) groups excluding carboxylic acids is 1. The monoisotopic (exact) mass is 367 g/mol. The Kier molecular flexibility index (Phi) is 5.72. The van der Waals surface area contributed by atoms with Gasteiger partial charge in [-0.1, -0.05) is 12.1 Å². The molecule has 0 aromatic heterocycles. The summed E-state index contributed by atoms with van der Waals surface area (Å²) >= 11 is 0. The van der Waals surface area contributed by atoms with Crippen LogP contribution in [0.2, 0.25) is 0 Å². The third kappa shape index (κ3) is 4.09. The van der Waals surface area contributed by atoms with E-state index in [-0.39, 0.29) is 17.8 Å². The van der Waals surface area contributed by atoms with Crippen LogP contribution in [0.4, 0.5) is 10.1 Å². The molecule has 0 N–H and O–H groups in total. The van der Waals surface area contributed by atoms with E-state index in [4.69, 9.17) is 10.00 Å². The van der Waals surface area contributed by atoms with Crippen molar-refractivity contribution in [2.75, 3.05) is 38.2 Å². The highest BCUT2D eigenvalue weighted by Crippen LogP contribution is 2.26. The smallest absolute Gasteiger partial charge is 0.337 e. The number of nitrogens with zero attached hydrogens (tertiary/aromatic N) is 3. The summed E-state index contributed by atoms with van der Waals surface area (Å²) in [5.41, 5.74) is 2.54. The summed E-state index contributed by atoms with van der Waals surface area (Å²) in [6.07, 6.45) is 0. The number of methoxy groups -OCH3 is 1. The molecule has 5 nitrogen and oxygen atoms in total. The molecule has 1 atom stereocenters. The van der Waals surface area contributed by atoms with Crippen molar-refractivity contribution in [3.8, 4) is 6.07 Å². The molecule has 0 spiro atoms. The van der Waals surface area contributed by atoms with E-state index in [1.54, 1.807) is 24.3 Å². The first-order valence-corrected chi connectivity index (χ1v) is 8.90. The Morgan fingerprint density at radius 2 is 1.81 bits per heavy atom. The standard InChI is InChI=1S/C21H22FN3O2/c1-15(17-4-6-18(7-5-17)21(26)27-2)24-9-11-25(12-10-24)20-8-3-16(14-23)13-19(20)22/h3-8,13,15H,9-12H2,1-2H3/t15-/m1/s1. The highest BCUT2D eigenvalue weighted by atomic mass is 19.1. The van der Waals surface area contributed by atoms with Crippen LogP contribution in [0.3, 0.4) is 0 Å². The van der Waals surface area contributed by atoms with E-state index < -0.39 is 0 Å². The quantitative estimate of drug-likeness (QED) is 0.776. The molecular formula is C21H22FN3O2. The number of rotatable bonds is 4. The Labute approximate surface area is 158 Å². The molecule has 1 aliphatic heterocycles. The molecule has 3 rings (SSSR count). The van der Waals surface area contributed by atoms with E-state index in [1.165, 1.54) is 13.2 Å². The van der Waals surface area contributed by atoms with E-state index in [9.17, 15) is 9.18 Å². The first-order valence-electron chi connectivity index (χ1n) is 8.90. The SMILES string of the molecule is COC(=O)c1ccc([C@@H](C)N2CCN(c3ccc(C#N)cc3F)CC2)cc1. The lowest BCUT2D eigenvalue weighted by Crippen LogP contribution is -2.47. The van der Waals surface area contributed by atoms with Crippen molar-refractivity contribution in [1.82, 2.24) is 4.90 Å². The van der Waals surface area contributed by atoms with Gasteiger partial charge in [0.2, 0.25) is 0 Å². The van der Waals surface area contributed by atoms with E-state index >= 15 is 0 Å². The van der Waals surface area contributed by atoms with Gasteiger partial charge in [0.25, 0.3) is 0 Å². The van der Waals surface area contributed by atoms with Crippen LogP contribution in [0.25, 0.3) is 0 Å². The number of benzene rings is 2. The Balaban J connectivity index is 1.63. The highest BCUT2D eigenvalue weighted by molar-refractivity contribution is 5.89. The summed E-state index contributed by atoms with van der Waals surface area (Å²) in [6, 6.07) is 14.2. The van der Waals surface area contributed by atoms with Crippen LogP contribution in [0, 0.1) is 17.1 Å². The van der Waals surface area contributed by atoms with E-state index in [2.05, 4.69) is 11.8 Å². The van der Waals surface area contributed by atoms with Gasteiger partial charge in [-0.15, -0.1) is 0 Å². The van der Waals surface area contributed by atoms with Gasteiger partial charge in [0, 0.05) is 32.2 Å². The summed E-state index contributed by atoms with van der Waals surface area (Å²) in [7, 11) is 1.37. The number of anilines is 1. The van der Waals surface area contributed by atoms with Crippen molar-refractivity contribution < 1.29 is 13.9 Å². The van der Waals surface area contributed by atoms with E-state index in [1.807, 2.05) is 23.1 Å². The molecule has 27 heavy (non-hydrogen) atoms. The second kappa shape index (κ2) is 8.19. The second-order valence-corrected chi connectivity index (χ2v) is 6.59. The van der Waals surface area contributed by atoms with Crippen molar-refractivity contribution in [2.45, 2.75) is 13.0 Å². The molecule has 0 amide bonds. The van der Waals surface area contributed by atoms with Crippen molar-refractivity contribution in [3.05, 3.63) is 65.0 Å². The van der Waals surface area contributed by atoms with Gasteiger partial charge in [-0.25, -0.2) is 9.18 Å². The van der Waals surface area contributed by atoms with Crippen molar-refractivity contribution >= 4 is 11.7 Å². The van der Waals surface area contributed by atoms with Gasteiger partial charge >= 0.3 is 5.97 Å². The number of halogens is 1. The van der Waals surface area contributed by atoms with Gasteiger partial charge in [0.05, 0.1) is 30.0 Å². The van der Waals surface area contributed by atoms with Crippen LogP contribution < -0.4 is 4.90 Å². The maximum atomic E-state index is 14.2. The number of hydrogen-bond donors (Lipinski definition) is 0. The van der Waals surface area contributed by atoms with Crippen LogP contribution in [-0.2, 0) is 4.74 Å². The number of hydrogen-bond acceptors (Lipinski definition) is 5. The lowest BCUT2D eigenvalue weighted by atomic mass is 10.0. The molecule has 0 aliphatic carbocycles. The molecule has 2 aromatic rings. The number of nitriles is 1. The molecule has 1 aliphatic rings. The van der Waals surface area contributed by atoms with Gasteiger partial charge in [-0.05, 0) is 42.8 Å². The highest BCUT2D eigenvalue weighted by Gasteiger charge is 2.24. The maximum Gasteiger partial charge on any atom is 0.337 e. The number of esters is 1. The minimum absolute atomic E-state index is 0.199. The molecule has 140 valence electrons. The van der Waals surface area contributed by atoms with Gasteiger partial charge < -0.3 is 9.64 Å². The molecule has 1 heterocycles. The zero-order chi connectivity index (χ0) is 19.4. The fraction of sp³-hybridized carbons (Fsp3) is 0.333. The second-order valence-electron chi connectivity index (χ2n) is 6.59. The molecule has 1 saturated heterocycles. The predicted molar refractivity (Wildman–Crippen MR) is 101 cm³/mol. The summed E-state index contributed by atoms with van der Waals surface area (Å²) in [6.45, 7) is 5.17. The molecule has 0 saturated carbocycles. The average molecular weight is 367 g/mol. The van der Waals surface area contributed by atoms with Gasteiger partial charge in [-0.2, -0.15) is 5.26 Å². The average Bonchev–Trinajstić information content (AvgIpc) is 2.72. The molecule has 1 fully saturated rings. The molecule has 0 bridgehead atoms. The molecular weight excluding hydrogens is 345 g/mol. The predicted octanol–water partition coefficient (Wildman–Crippen LogP) is 3.37. The molecule has 6 heteroatoms. The van der Waals surface area contributed by atoms with Crippen LogP contribution in [0.5, 0.6) is 0 Å². The van der Waals surface area contributed by atoms with Crippen LogP contribution in [0.1, 0.15) is 34.5 Å². The summed E-state index contributed by atoms with van der Waals surface area (Å²) in [5, 5.41) is 8.87. The number of ether oxygens (including phenoxy) is 1. The fourth-order valence-electron chi connectivity index (χ4n) is 3.41. The minimum Gasteiger partial charge on any atom is -0.465 e. The first-order chi connectivity index (χ1) is 13.0. The Morgan fingerprint density at radius 3 is 2.37 bits per heavy atom. The van der Waals surface area contributed by atoms with Crippen molar-refractivity contribution in [2.24, 2.45) is 0 Å².